The minimum absolute atomic E-state index is 0.104. The van der Waals surface area contributed by atoms with Gasteiger partial charge >= 0.3 is 6.85 Å². The van der Waals surface area contributed by atoms with Crippen LogP contribution in [0.1, 0.15) is 25.0 Å². The maximum Gasteiger partial charge on any atom is 0.333 e. The van der Waals surface area contributed by atoms with E-state index < -0.39 is 0 Å². The Kier molecular flexibility index (Phi) is 5.31. The third-order valence-corrected chi connectivity index (χ3v) is 14.5. The molecule has 8 aromatic carbocycles. The van der Waals surface area contributed by atoms with Crippen molar-refractivity contribution in [3.63, 3.8) is 0 Å². The molecule has 0 radical (unpaired) electrons. The summed E-state index contributed by atoms with van der Waals surface area (Å²) >= 11 is 1.92. The van der Waals surface area contributed by atoms with E-state index in [1.807, 2.05) is 11.3 Å². The Labute approximate surface area is 326 Å². The highest BCUT2D eigenvalue weighted by molar-refractivity contribution is 7.26. The highest BCUT2D eigenvalue weighted by atomic mass is 32.1. The third-order valence-electron chi connectivity index (χ3n) is 13.3. The van der Waals surface area contributed by atoms with Crippen LogP contribution in [0.15, 0.2) is 156 Å². The molecule has 56 heavy (non-hydrogen) atoms. The number of anilines is 2. The van der Waals surface area contributed by atoms with E-state index in [-0.39, 0.29) is 12.3 Å². The molecule has 0 saturated carbocycles. The van der Waals surface area contributed by atoms with Gasteiger partial charge in [-0.05, 0) is 68.9 Å². The lowest BCUT2D eigenvalue weighted by molar-refractivity contribution is 0.660. The molecule has 0 fully saturated rings. The summed E-state index contributed by atoms with van der Waals surface area (Å²) in [7, 11) is 0. The summed E-state index contributed by atoms with van der Waals surface area (Å²) in [6.45, 7) is 4.67. The van der Waals surface area contributed by atoms with Gasteiger partial charge in [-0.2, -0.15) is 0 Å². The Balaban J connectivity index is 1.19. The monoisotopic (exact) mass is 730 g/mol. The zero-order valence-corrected chi connectivity index (χ0v) is 31.5. The van der Waals surface area contributed by atoms with Crippen molar-refractivity contribution in [2.75, 3.05) is 4.81 Å². The molecule has 11 aromatic rings. The highest BCUT2D eigenvalue weighted by Gasteiger charge is 2.47. The number of furan rings is 1. The third kappa shape index (κ3) is 3.40. The molecule has 260 valence electrons. The Hall–Kier alpha value is -6.56. The molecule has 0 amide bonds. The first kappa shape index (κ1) is 29.8. The topological polar surface area (TPSA) is 21.3 Å². The van der Waals surface area contributed by atoms with Gasteiger partial charge in [-0.1, -0.05) is 135 Å². The van der Waals surface area contributed by atoms with Crippen molar-refractivity contribution in [1.29, 1.82) is 0 Å². The number of thiophene rings is 1. The molecule has 0 bridgehead atoms. The first-order valence-corrected chi connectivity index (χ1v) is 20.4. The molecule has 5 heterocycles. The van der Waals surface area contributed by atoms with Gasteiger partial charge in [-0.25, -0.2) is 0 Å². The van der Waals surface area contributed by atoms with Crippen LogP contribution in [0.2, 0.25) is 0 Å². The van der Waals surface area contributed by atoms with Gasteiger partial charge in [0.05, 0.1) is 15.7 Å². The molecule has 3 aliphatic rings. The Morgan fingerprint density at radius 2 is 1.34 bits per heavy atom. The van der Waals surface area contributed by atoms with Crippen molar-refractivity contribution in [2.24, 2.45) is 0 Å². The van der Waals surface area contributed by atoms with Crippen LogP contribution >= 0.6 is 11.3 Å². The Bertz CT molecular complexity index is 3600. The molecular weight excluding hydrogens is 699 g/mol. The number of hydrogen-bond acceptors (Lipinski definition) is 3. The van der Waals surface area contributed by atoms with E-state index in [0.29, 0.717) is 0 Å². The molecule has 0 atom stereocenters. The summed E-state index contributed by atoms with van der Waals surface area (Å²) in [6, 6.07) is 56.8. The van der Waals surface area contributed by atoms with Crippen LogP contribution in [0.5, 0.6) is 0 Å². The molecule has 3 aromatic heterocycles. The summed E-state index contributed by atoms with van der Waals surface area (Å²) in [4.78, 5) is 2.69. The quantitative estimate of drug-likeness (QED) is 0.157. The van der Waals surface area contributed by atoms with E-state index in [1.165, 1.54) is 103 Å². The molecule has 5 heteroatoms. The van der Waals surface area contributed by atoms with Gasteiger partial charge < -0.3 is 13.8 Å². The van der Waals surface area contributed by atoms with Crippen LogP contribution < -0.4 is 15.7 Å². The van der Waals surface area contributed by atoms with Gasteiger partial charge in [0.2, 0.25) is 0 Å². The predicted molar refractivity (Wildman–Crippen MR) is 238 cm³/mol. The van der Waals surface area contributed by atoms with Crippen molar-refractivity contribution < 1.29 is 4.42 Å². The van der Waals surface area contributed by atoms with Crippen LogP contribution in [0.25, 0.3) is 91.9 Å². The largest absolute Gasteiger partial charge is 0.455 e. The number of hydrogen-bond donors (Lipinski definition) is 0. The number of rotatable bonds is 1. The van der Waals surface area contributed by atoms with Crippen LogP contribution in [0.3, 0.4) is 0 Å². The van der Waals surface area contributed by atoms with Crippen LogP contribution in [0.4, 0.5) is 11.4 Å². The number of aromatic nitrogens is 1. The maximum absolute atomic E-state index is 7.02. The van der Waals surface area contributed by atoms with Crippen LogP contribution in [0, 0.1) is 0 Å². The Morgan fingerprint density at radius 3 is 2.27 bits per heavy atom. The first-order valence-electron chi connectivity index (χ1n) is 19.5. The van der Waals surface area contributed by atoms with Crippen molar-refractivity contribution in [1.82, 2.24) is 4.57 Å². The average molecular weight is 731 g/mol. The summed E-state index contributed by atoms with van der Waals surface area (Å²) < 4.78 is 12.3. The first-order chi connectivity index (χ1) is 27.6. The summed E-state index contributed by atoms with van der Waals surface area (Å²) in [5.74, 6) is 0. The smallest absolute Gasteiger partial charge is 0.333 e. The van der Waals surface area contributed by atoms with E-state index in [4.69, 9.17) is 4.42 Å². The van der Waals surface area contributed by atoms with Crippen molar-refractivity contribution in [3.05, 3.63) is 163 Å². The van der Waals surface area contributed by atoms with Gasteiger partial charge in [-0.3, -0.25) is 0 Å². The SMILES string of the molecule is CC1(C)c2ccccc2-c2ccc(N3B4c5c(cc6c(oc7ccccc76)c5-c5ccc6ccccc6c53)-n3c5c4cccc5c4sc5ccccc5c43)cc21. The van der Waals surface area contributed by atoms with E-state index in [0.717, 1.165) is 21.9 Å². The molecule has 0 spiro atoms. The van der Waals surface area contributed by atoms with Crippen LogP contribution in [-0.4, -0.2) is 11.4 Å². The number of fused-ring (bicyclic) bond motifs is 18. The maximum atomic E-state index is 7.02. The van der Waals surface area contributed by atoms with E-state index >= 15 is 0 Å². The zero-order valence-electron chi connectivity index (χ0n) is 30.7. The standard InChI is InChI=1S/C51H31BN2OS/c1-51(2)38-18-8-5-14-31(38)32-25-23-29(26-39(32)51)54-46-30-13-4-3-12-28(30)22-24-35(46)44-45-41(27-37-33-15-6-9-20-42(33)55-49(37)44)53-47-36(17-11-19-40(47)52(45)54)50-48(53)34-16-7-10-21-43(34)56-50/h3-27H,1-2H3. The van der Waals surface area contributed by atoms with Gasteiger partial charge in [0.15, 0.2) is 0 Å². The van der Waals surface area contributed by atoms with Crippen LogP contribution in [-0.2, 0) is 5.41 Å². The molecule has 2 aliphatic heterocycles. The molecular formula is C51H31BN2OS. The number of para-hydroxylation sites is 2. The minimum atomic E-state index is -0.129. The van der Waals surface area contributed by atoms with Gasteiger partial charge in [0, 0.05) is 65.2 Å². The minimum Gasteiger partial charge on any atom is -0.455 e. The molecule has 0 saturated heterocycles. The lowest BCUT2D eigenvalue weighted by Gasteiger charge is -2.43. The summed E-state index contributed by atoms with van der Waals surface area (Å²) in [6.07, 6.45) is 0. The second kappa shape index (κ2) is 10.00. The van der Waals surface area contributed by atoms with E-state index in [1.54, 1.807) is 0 Å². The molecule has 1 aliphatic carbocycles. The van der Waals surface area contributed by atoms with Crippen molar-refractivity contribution >= 4 is 104 Å². The van der Waals surface area contributed by atoms with Gasteiger partial charge in [0.1, 0.15) is 11.2 Å². The fraction of sp³-hybridized carbons (Fsp3) is 0.0588. The fourth-order valence-electron chi connectivity index (χ4n) is 11.0. The lowest BCUT2D eigenvalue weighted by atomic mass is 9.43. The molecule has 3 nitrogen and oxygen atoms in total. The molecule has 14 rings (SSSR count). The molecule has 0 unspecified atom stereocenters. The lowest BCUT2D eigenvalue weighted by Crippen LogP contribution is -2.60. The van der Waals surface area contributed by atoms with E-state index in [2.05, 4.69) is 175 Å². The fourth-order valence-corrected chi connectivity index (χ4v) is 12.2. The Morgan fingerprint density at radius 1 is 0.589 bits per heavy atom. The molecule has 0 N–H and O–H groups in total. The second-order valence-corrected chi connectivity index (χ2v) is 17.4. The van der Waals surface area contributed by atoms with E-state index in [9.17, 15) is 0 Å². The van der Waals surface area contributed by atoms with Crippen molar-refractivity contribution in [2.45, 2.75) is 19.3 Å². The number of nitrogens with zero attached hydrogens (tertiary/aromatic N) is 2. The summed E-state index contributed by atoms with van der Waals surface area (Å²) in [5.41, 5.74) is 18.5. The second-order valence-electron chi connectivity index (χ2n) is 16.4. The predicted octanol–water partition coefficient (Wildman–Crippen LogP) is 12.6. The average Bonchev–Trinajstić information content (AvgIpc) is 3.96. The van der Waals surface area contributed by atoms with Gasteiger partial charge in [-0.15, -0.1) is 11.3 Å². The van der Waals surface area contributed by atoms with Crippen molar-refractivity contribution in [3.8, 4) is 27.9 Å². The highest BCUT2D eigenvalue weighted by Crippen LogP contribution is 2.54. The normalized spacial score (nSPS) is 14.7. The summed E-state index contributed by atoms with van der Waals surface area (Å²) in [5, 5.41) is 7.41. The zero-order chi connectivity index (χ0) is 36.6. The number of benzene rings is 8. The van der Waals surface area contributed by atoms with Gasteiger partial charge in [0.25, 0.3) is 0 Å².